The number of ether oxygens (including phenoxy) is 2. The van der Waals surface area contributed by atoms with Gasteiger partial charge >= 0.3 is 5.97 Å². The lowest BCUT2D eigenvalue weighted by atomic mass is 9.82. The smallest absolute Gasteiger partial charge is 0.305 e. The molecular weight excluding hydrogens is 601 g/mol. The van der Waals surface area contributed by atoms with Crippen molar-refractivity contribution in [2.45, 2.75) is 82.0 Å². The fourth-order valence-electron chi connectivity index (χ4n) is 7.54. The number of unbranched alkanes of at least 4 members (excludes halogenated alkanes) is 1. The standard InChI is InChI=1S/C32H40FN3O8Si/c1-20-30(45(3,4)33)27(17-28(38)35-18-22-10-6-5-9-21(22)15-24(35)19-37)44-32(20)25-16-23(36(41)42)12-13-26(25)34(31(32)40)14-8-7-11-29(39)43-2/h5-6,9-10,12-13,16,20,24,27,30,37H,7-8,11,14-15,17-19H2,1-4H3/t20-,24+,27+,30-,32+/m1/s1. The number of amides is 2. The molecule has 3 heterocycles. The summed E-state index contributed by atoms with van der Waals surface area (Å²) in [6, 6.07) is 11.4. The molecule has 5 rings (SSSR count). The third-order valence-electron chi connectivity index (χ3n) is 9.66. The number of nitro groups is 1. The lowest BCUT2D eigenvalue weighted by molar-refractivity contribution is -0.385. The Morgan fingerprint density at radius 1 is 1.20 bits per heavy atom. The van der Waals surface area contributed by atoms with Gasteiger partial charge in [0, 0.05) is 48.7 Å². The molecular formula is C32H40FN3O8Si. The minimum atomic E-state index is -3.60. The molecule has 0 aliphatic carbocycles. The number of anilines is 1. The molecule has 0 aromatic heterocycles. The van der Waals surface area contributed by atoms with Gasteiger partial charge in [0.05, 0.1) is 42.9 Å². The number of hydrogen-bond donors (Lipinski definition) is 1. The number of nitro benzene ring substituents is 1. The zero-order valence-electron chi connectivity index (χ0n) is 26.0. The molecule has 0 bridgehead atoms. The lowest BCUT2D eigenvalue weighted by Crippen LogP contribution is -2.48. The summed E-state index contributed by atoms with van der Waals surface area (Å²) >= 11 is 0. The number of hydrogen-bond acceptors (Lipinski definition) is 8. The molecule has 242 valence electrons. The van der Waals surface area contributed by atoms with Crippen LogP contribution in [-0.4, -0.2) is 73.5 Å². The van der Waals surface area contributed by atoms with Crippen molar-refractivity contribution in [3.05, 3.63) is 69.3 Å². The maximum atomic E-state index is 16.2. The Labute approximate surface area is 262 Å². The number of fused-ring (bicyclic) bond motifs is 3. The van der Waals surface area contributed by atoms with Gasteiger partial charge in [-0.2, -0.15) is 0 Å². The monoisotopic (exact) mass is 641 g/mol. The van der Waals surface area contributed by atoms with E-state index < -0.39 is 48.4 Å². The van der Waals surface area contributed by atoms with Crippen molar-refractivity contribution >= 4 is 37.6 Å². The van der Waals surface area contributed by atoms with E-state index in [9.17, 15) is 29.6 Å². The van der Waals surface area contributed by atoms with E-state index >= 15 is 4.11 Å². The predicted molar refractivity (Wildman–Crippen MR) is 166 cm³/mol. The van der Waals surface area contributed by atoms with Gasteiger partial charge in [-0.3, -0.25) is 24.5 Å². The van der Waals surface area contributed by atoms with Crippen LogP contribution in [0.5, 0.6) is 0 Å². The fraction of sp³-hybridized carbons (Fsp3) is 0.531. The van der Waals surface area contributed by atoms with E-state index in [1.807, 2.05) is 24.3 Å². The summed E-state index contributed by atoms with van der Waals surface area (Å²) in [7, 11) is -2.30. The van der Waals surface area contributed by atoms with E-state index in [4.69, 9.17) is 9.47 Å². The highest BCUT2D eigenvalue weighted by Gasteiger charge is 2.67. The summed E-state index contributed by atoms with van der Waals surface area (Å²) in [5.41, 5.74) is 0.0337. The van der Waals surface area contributed by atoms with Crippen LogP contribution in [0.1, 0.15) is 49.3 Å². The summed E-state index contributed by atoms with van der Waals surface area (Å²) in [6.07, 6.45) is 0.399. The average molecular weight is 642 g/mol. The predicted octanol–water partition coefficient (Wildman–Crippen LogP) is 4.40. The van der Waals surface area contributed by atoms with Crippen molar-refractivity contribution in [2.75, 3.05) is 25.2 Å². The number of benzene rings is 2. The molecule has 11 nitrogen and oxygen atoms in total. The number of carbonyl (C=O) groups excluding carboxylic acids is 3. The Balaban J connectivity index is 1.48. The molecule has 3 aliphatic heterocycles. The first-order valence-electron chi connectivity index (χ1n) is 15.3. The quantitative estimate of drug-likeness (QED) is 0.101. The molecule has 2 aromatic carbocycles. The number of non-ortho nitro benzene ring substituents is 1. The van der Waals surface area contributed by atoms with Crippen molar-refractivity contribution in [2.24, 2.45) is 5.92 Å². The van der Waals surface area contributed by atoms with Crippen molar-refractivity contribution in [1.29, 1.82) is 0 Å². The number of nitrogens with zero attached hydrogens (tertiary/aromatic N) is 3. The average Bonchev–Trinajstić information content (AvgIpc) is 3.43. The van der Waals surface area contributed by atoms with Crippen LogP contribution in [0.4, 0.5) is 15.5 Å². The van der Waals surface area contributed by atoms with E-state index in [-0.39, 0.29) is 43.6 Å². The molecule has 0 saturated carbocycles. The number of aliphatic hydroxyl groups is 1. The minimum Gasteiger partial charge on any atom is -0.469 e. The van der Waals surface area contributed by atoms with E-state index in [0.717, 1.165) is 11.1 Å². The van der Waals surface area contributed by atoms with Gasteiger partial charge in [0.2, 0.25) is 14.3 Å². The van der Waals surface area contributed by atoms with Gasteiger partial charge in [-0.1, -0.05) is 31.2 Å². The van der Waals surface area contributed by atoms with E-state index in [2.05, 4.69) is 0 Å². The number of methoxy groups -OCH3 is 1. The Morgan fingerprint density at radius 3 is 2.56 bits per heavy atom. The van der Waals surface area contributed by atoms with Crippen LogP contribution in [0.2, 0.25) is 18.6 Å². The van der Waals surface area contributed by atoms with Crippen LogP contribution < -0.4 is 4.90 Å². The first-order chi connectivity index (χ1) is 21.3. The SMILES string of the molecule is COC(=O)CCCCN1C(=O)[C@@]2(O[C@@H](CC(=O)N3Cc4ccccc4C[C@H]3CO)[C@H]([Si](C)(C)F)[C@H]2C)c2cc([N+](=O)[O-])ccc21. The molecule has 13 heteroatoms. The van der Waals surface area contributed by atoms with Crippen LogP contribution >= 0.6 is 0 Å². The van der Waals surface area contributed by atoms with Gasteiger partial charge < -0.3 is 28.5 Å². The van der Waals surface area contributed by atoms with Crippen molar-refractivity contribution < 1.29 is 38.0 Å². The van der Waals surface area contributed by atoms with E-state index in [1.165, 1.54) is 43.3 Å². The molecule has 2 amide bonds. The summed E-state index contributed by atoms with van der Waals surface area (Å²) < 4.78 is 27.6. The van der Waals surface area contributed by atoms with E-state index in [0.29, 0.717) is 37.1 Å². The molecule has 0 unspecified atom stereocenters. The third-order valence-corrected chi connectivity index (χ3v) is 12.1. The van der Waals surface area contributed by atoms with Crippen molar-refractivity contribution in [1.82, 2.24) is 4.90 Å². The second-order valence-electron chi connectivity index (χ2n) is 12.8. The molecule has 1 fully saturated rings. The summed E-state index contributed by atoms with van der Waals surface area (Å²) in [5, 5.41) is 22.0. The maximum absolute atomic E-state index is 16.2. The first kappa shape index (κ1) is 32.7. The third kappa shape index (κ3) is 5.88. The van der Waals surface area contributed by atoms with Crippen LogP contribution in [0.3, 0.4) is 0 Å². The molecule has 0 radical (unpaired) electrons. The second-order valence-corrected chi connectivity index (χ2v) is 16.5. The zero-order valence-corrected chi connectivity index (χ0v) is 27.0. The van der Waals surface area contributed by atoms with Crippen LogP contribution in [0, 0.1) is 16.0 Å². The molecule has 3 aliphatic rings. The lowest BCUT2D eigenvalue weighted by Gasteiger charge is -2.37. The van der Waals surface area contributed by atoms with Gasteiger partial charge in [-0.05, 0) is 49.5 Å². The molecule has 1 N–H and O–H groups in total. The van der Waals surface area contributed by atoms with Gasteiger partial charge in [0.25, 0.3) is 11.6 Å². The van der Waals surface area contributed by atoms with Gasteiger partial charge in [0.1, 0.15) is 0 Å². The number of esters is 1. The first-order valence-corrected chi connectivity index (χ1v) is 18.3. The number of rotatable bonds is 10. The Morgan fingerprint density at radius 2 is 1.91 bits per heavy atom. The van der Waals surface area contributed by atoms with Crippen LogP contribution in [0.25, 0.3) is 0 Å². The highest BCUT2D eigenvalue weighted by Crippen LogP contribution is 2.60. The molecule has 1 spiro atoms. The van der Waals surface area contributed by atoms with Gasteiger partial charge in [0.15, 0.2) is 5.60 Å². The number of carbonyl (C=O) groups is 3. The maximum Gasteiger partial charge on any atom is 0.305 e. The zero-order chi connectivity index (χ0) is 32.7. The van der Waals surface area contributed by atoms with Crippen molar-refractivity contribution in [3.8, 4) is 0 Å². The highest BCUT2D eigenvalue weighted by atomic mass is 28.4. The van der Waals surface area contributed by atoms with Crippen molar-refractivity contribution in [3.63, 3.8) is 0 Å². The topological polar surface area (TPSA) is 140 Å². The normalized spacial score (nSPS) is 25.8. The molecule has 5 atom stereocenters. The van der Waals surface area contributed by atoms with Crippen LogP contribution in [-0.2, 0) is 42.4 Å². The Bertz CT molecular complexity index is 1500. The molecule has 1 saturated heterocycles. The summed E-state index contributed by atoms with van der Waals surface area (Å²) in [4.78, 5) is 54.3. The highest BCUT2D eigenvalue weighted by molar-refractivity contribution is 6.72. The van der Waals surface area contributed by atoms with Gasteiger partial charge in [-0.25, -0.2) is 0 Å². The second kappa shape index (κ2) is 12.6. The largest absolute Gasteiger partial charge is 0.469 e. The van der Waals surface area contributed by atoms with E-state index in [1.54, 1.807) is 11.8 Å². The molecule has 45 heavy (non-hydrogen) atoms. The Kier molecular flexibility index (Phi) is 9.16. The summed E-state index contributed by atoms with van der Waals surface area (Å²) in [5.74, 6) is -1.87. The molecule has 2 aromatic rings. The number of halogens is 1. The minimum absolute atomic E-state index is 0.174. The fourth-order valence-corrected chi connectivity index (χ4v) is 10.0. The van der Waals surface area contributed by atoms with Crippen LogP contribution in [0.15, 0.2) is 42.5 Å². The summed E-state index contributed by atoms with van der Waals surface area (Å²) in [6.45, 7) is 5.06. The van der Waals surface area contributed by atoms with Gasteiger partial charge in [-0.15, -0.1) is 0 Å². The number of aliphatic hydroxyl groups excluding tert-OH is 1. The Hall–Kier alpha value is -3.68.